The Labute approximate surface area is 122 Å². The summed E-state index contributed by atoms with van der Waals surface area (Å²) < 4.78 is 22.6. The van der Waals surface area contributed by atoms with E-state index in [1.54, 1.807) is 7.05 Å². The van der Waals surface area contributed by atoms with Gasteiger partial charge in [0, 0.05) is 19.3 Å². The second-order valence-corrected chi connectivity index (χ2v) is 7.41. The van der Waals surface area contributed by atoms with Crippen molar-refractivity contribution < 1.29 is 13.2 Å². The van der Waals surface area contributed by atoms with E-state index < -0.39 is 9.84 Å². The third kappa shape index (κ3) is 3.61. The second-order valence-electron chi connectivity index (χ2n) is 4.70. The number of halogens is 1. The van der Waals surface area contributed by atoms with Crippen LogP contribution in [0.15, 0.2) is 12.3 Å². The maximum atomic E-state index is 12.0. The van der Waals surface area contributed by atoms with Crippen molar-refractivity contribution in [1.82, 2.24) is 10.3 Å². The molecule has 0 atom stereocenters. The molecule has 110 valence electrons. The summed E-state index contributed by atoms with van der Waals surface area (Å²) in [6.07, 6.45) is 2.33. The summed E-state index contributed by atoms with van der Waals surface area (Å²) in [4.78, 5) is 16.1. The molecule has 0 aromatic carbocycles. The van der Waals surface area contributed by atoms with E-state index in [1.165, 1.54) is 12.3 Å². The van der Waals surface area contributed by atoms with Crippen molar-refractivity contribution >= 4 is 33.2 Å². The number of anilines is 1. The number of nitrogens with zero attached hydrogens (tertiary/aromatic N) is 1. The molecule has 2 rings (SSSR count). The number of pyridine rings is 1. The lowest BCUT2D eigenvalue weighted by Gasteiger charge is -2.23. The third-order valence-corrected chi connectivity index (χ3v) is 5.23. The van der Waals surface area contributed by atoms with Gasteiger partial charge in [0.25, 0.3) is 5.91 Å². The highest BCUT2D eigenvalue weighted by atomic mass is 35.5. The molecule has 1 amide bonds. The van der Waals surface area contributed by atoms with Gasteiger partial charge >= 0.3 is 0 Å². The van der Waals surface area contributed by atoms with Crippen LogP contribution in [0.4, 0.5) is 5.82 Å². The molecule has 0 saturated carbocycles. The van der Waals surface area contributed by atoms with Crippen molar-refractivity contribution in [2.24, 2.45) is 0 Å². The summed E-state index contributed by atoms with van der Waals surface area (Å²) >= 11 is 5.97. The Balaban J connectivity index is 2.00. The summed E-state index contributed by atoms with van der Waals surface area (Å²) in [6.45, 7) is 0. The lowest BCUT2D eigenvalue weighted by Crippen LogP contribution is -2.40. The van der Waals surface area contributed by atoms with E-state index in [9.17, 15) is 13.2 Å². The Morgan fingerprint density at radius 2 is 2.05 bits per heavy atom. The predicted octanol–water partition coefficient (Wildman–Crippen LogP) is 1.08. The van der Waals surface area contributed by atoms with Crippen molar-refractivity contribution in [2.45, 2.75) is 18.9 Å². The maximum Gasteiger partial charge on any atom is 0.253 e. The average Bonchev–Trinajstić information content (AvgIpc) is 2.41. The van der Waals surface area contributed by atoms with Gasteiger partial charge < -0.3 is 10.6 Å². The van der Waals surface area contributed by atoms with Crippen LogP contribution in [0.25, 0.3) is 0 Å². The zero-order chi connectivity index (χ0) is 14.8. The van der Waals surface area contributed by atoms with Crippen LogP contribution in [-0.4, -0.2) is 43.9 Å². The molecular weight excluding hydrogens is 302 g/mol. The van der Waals surface area contributed by atoms with Gasteiger partial charge in [-0.3, -0.25) is 4.79 Å². The molecular formula is C12H16ClN3O3S. The first-order valence-corrected chi connectivity index (χ1v) is 8.46. The second kappa shape index (κ2) is 5.97. The number of sulfone groups is 1. The number of nitrogens with one attached hydrogen (secondary N) is 2. The Kier molecular flexibility index (Phi) is 4.49. The van der Waals surface area contributed by atoms with Gasteiger partial charge in [0.05, 0.1) is 22.1 Å². The summed E-state index contributed by atoms with van der Waals surface area (Å²) in [5, 5.41) is 5.99. The molecule has 1 aromatic rings. The van der Waals surface area contributed by atoms with Crippen molar-refractivity contribution in [2.75, 3.05) is 23.9 Å². The van der Waals surface area contributed by atoms with Gasteiger partial charge in [0.15, 0.2) is 0 Å². The highest BCUT2D eigenvalue weighted by Gasteiger charge is 2.25. The van der Waals surface area contributed by atoms with E-state index in [4.69, 9.17) is 11.6 Å². The van der Waals surface area contributed by atoms with E-state index >= 15 is 0 Å². The fourth-order valence-corrected chi connectivity index (χ4v) is 3.80. The molecule has 0 unspecified atom stereocenters. The summed E-state index contributed by atoms with van der Waals surface area (Å²) in [6, 6.07) is 1.42. The van der Waals surface area contributed by atoms with Gasteiger partial charge in [-0.15, -0.1) is 0 Å². The van der Waals surface area contributed by atoms with E-state index in [2.05, 4.69) is 15.6 Å². The number of aromatic nitrogens is 1. The zero-order valence-electron chi connectivity index (χ0n) is 11.0. The standard InChI is InChI=1S/C12H16ClN3O3S/c1-14-11-10(13)6-8(7-15-11)12(17)16-9-2-4-20(18,19)5-3-9/h6-7,9H,2-5H2,1H3,(H,14,15)(H,16,17). The fourth-order valence-electron chi connectivity index (χ4n) is 2.05. The molecule has 1 fully saturated rings. The topological polar surface area (TPSA) is 88.2 Å². The van der Waals surface area contributed by atoms with Gasteiger partial charge in [0.2, 0.25) is 0 Å². The Morgan fingerprint density at radius 1 is 1.40 bits per heavy atom. The number of carbonyl (C=O) groups excluding carboxylic acids is 1. The van der Waals surface area contributed by atoms with Crippen LogP contribution in [0.2, 0.25) is 5.02 Å². The molecule has 2 N–H and O–H groups in total. The first-order valence-electron chi connectivity index (χ1n) is 6.26. The van der Waals surface area contributed by atoms with E-state index in [0.29, 0.717) is 29.2 Å². The third-order valence-electron chi connectivity index (χ3n) is 3.23. The molecule has 20 heavy (non-hydrogen) atoms. The summed E-state index contributed by atoms with van der Waals surface area (Å²) in [7, 11) is -1.23. The first-order chi connectivity index (χ1) is 9.41. The maximum absolute atomic E-state index is 12.0. The average molecular weight is 318 g/mol. The van der Waals surface area contributed by atoms with Crippen molar-refractivity contribution in [3.63, 3.8) is 0 Å². The molecule has 0 aliphatic carbocycles. The molecule has 2 heterocycles. The Bertz CT molecular complexity index is 604. The van der Waals surface area contributed by atoms with Gasteiger partial charge in [-0.05, 0) is 18.9 Å². The number of rotatable bonds is 3. The molecule has 6 nitrogen and oxygen atoms in total. The lowest BCUT2D eigenvalue weighted by atomic mass is 10.1. The highest BCUT2D eigenvalue weighted by Crippen LogP contribution is 2.20. The molecule has 1 aliphatic heterocycles. The normalized spacial score (nSPS) is 18.5. The quantitative estimate of drug-likeness (QED) is 0.871. The highest BCUT2D eigenvalue weighted by molar-refractivity contribution is 7.91. The fraction of sp³-hybridized carbons (Fsp3) is 0.500. The van der Waals surface area contributed by atoms with Crippen molar-refractivity contribution in [3.05, 3.63) is 22.8 Å². The van der Waals surface area contributed by atoms with Crippen LogP contribution in [0.5, 0.6) is 0 Å². The molecule has 0 radical (unpaired) electrons. The minimum Gasteiger partial charge on any atom is -0.372 e. The van der Waals surface area contributed by atoms with Crippen LogP contribution < -0.4 is 10.6 Å². The van der Waals surface area contributed by atoms with Crippen molar-refractivity contribution in [1.29, 1.82) is 0 Å². The van der Waals surface area contributed by atoms with Crippen LogP contribution in [0.3, 0.4) is 0 Å². The van der Waals surface area contributed by atoms with E-state index in [-0.39, 0.29) is 23.5 Å². The van der Waals surface area contributed by atoms with E-state index in [1.807, 2.05) is 0 Å². The van der Waals surface area contributed by atoms with E-state index in [0.717, 1.165) is 0 Å². The predicted molar refractivity (Wildman–Crippen MR) is 77.9 cm³/mol. The monoisotopic (exact) mass is 317 g/mol. The van der Waals surface area contributed by atoms with Crippen LogP contribution in [0.1, 0.15) is 23.2 Å². The molecule has 0 spiro atoms. The lowest BCUT2D eigenvalue weighted by molar-refractivity contribution is 0.0934. The smallest absolute Gasteiger partial charge is 0.253 e. The molecule has 1 aliphatic rings. The van der Waals surface area contributed by atoms with Crippen LogP contribution in [0, 0.1) is 0 Å². The molecule has 8 heteroatoms. The number of carbonyl (C=O) groups is 1. The number of hydrogen-bond acceptors (Lipinski definition) is 5. The van der Waals surface area contributed by atoms with Gasteiger partial charge in [0.1, 0.15) is 15.7 Å². The van der Waals surface area contributed by atoms with Gasteiger partial charge in [-0.2, -0.15) is 0 Å². The minimum absolute atomic E-state index is 0.117. The van der Waals surface area contributed by atoms with Gasteiger partial charge in [-0.25, -0.2) is 13.4 Å². The molecule has 1 saturated heterocycles. The Hall–Kier alpha value is -1.34. The largest absolute Gasteiger partial charge is 0.372 e. The van der Waals surface area contributed by atoms with Crippen LogP contribution >= 0.6 is 11.6 Å². The van der Waals surface area contributed by atoms with Gasteiger partial charge in [-0.1, -0.05) is 11.6 Å². The summed E-state index contributed by atoms with van der Waals surface area (Å²) in [5.41, 5.74) is 0.363. The number of amides is 1. The number of hydrogen-bond donors (Lipinski definition) is 2. The SMILES string of the molecule is CNc1ncc(C(=O)NC2CCS(=O)(=O)CC2)cc1Cl. The van der Waals surface area contributed by atoms with Crippen LogP contribution in [-0.2, 0) is 9.84 Å². The van der Waals surface area contributed by atoms with Crippen molar-refractivity contribution in [3.8, 4) is 0 Å². The molecule has 1 aromatic heterocycles. The minimum atomic E-state index is -2.92. The Morgan fingerprint density at radius 3 is 2.60 bits per heavy atom. The first kappa shape index (κ1) is 15.1. The molecule has 0 bridgehead atoms. The zero-order valence-corrected chi connectivity index (χ0v) is 12.6. The summed E-state index contributed by atoms with van der Waals surface area (Å²) in [5.74, 6) is 0.462.